The molecule has 0 atom stereocenters. The van der Waals surface area contributed by atoms with Crippen molar-refractivity contribution in [1.82, 2.24) is 4.90 Å². The molecule has 0 unspecified atom stereocenters. The number of benzene rings is 2. The number of likely N-dealkylation sites (tertiary alicyclic amines) is 1. The Balaban J connectivity index is 1.34. The van der Waals surface area contributed by atoms with Gasteiger partial charge in [0, 0.05) is 41.0 Å². The van der Waals surface area contributed by atoms with Crippen LogP contribution in [0.4, 0.5) is 5.69 Å². The Hall–Kier alpha value is -3.95. The number of ether oxygens (including phenoxy) is 1. The van der Waals surface area contributed by atoms with E-state index in [0.717, 1.165) is 16.8 Å². The van der Waals surface area contributed by atoms with Crippen molar-refractivity contribution in [2.45, 2.75) is 6.10 Å². The molecule has 2 aromatic rings. The molecule has 1 amide bonds. The molecule has 0 bridgehead atoms. The van der Waals surface area contributed by atoms with E-state index in [4.69, 9.17) is 4.74 Å². The number of carbonyl (C=O) groups excluding carboxylic acids is 1. The second-order valence-corrected chi connectivity index (χ2v) is 7.34. The van der Waals surface area contributed by atoms with Crippen molar-refractivity contribution in [1.29, 1.82) is 0 Å². The number of carbonyl (C=O) groups is 1. The van der Waals surface area contributed by atoms with Gasteiger partial charge in [-0.1, -0.05) is 18.4 Å². The van der Waals surface area contributed by atoms with Crippen molar-refractivity contribution in [2.75, 3.05) is 25.0 Å². The Morgan fingerprint density at radius 2 is 1.71 bits per heavy atom. The van der Waals surface area contributed by atoms with Crippen LogP contribution in [0.5, 0.6) is 0 Å². The van der Waals surface area contributed by atoms with Gasteiger partial charge in [0.15, 0.2) is 11.5 Å². The number of allylic oxidation sites excluding steroid dienone is 1. The highest BCUT2D eigenvalue weighted by Crippen LogP contribution is 2.19. The van der Waals surface area contributed by atoms with Crippen LogP contribution < -0.4 is 5.32 Å². The summed E-state index contributed by atoms with van der Waals surface area (Å²) in [5.41, 5.74) is 3.65. The van der Waals surface area contributed by atoms with E-state index in [-0.39, 0.29) is 11.7 Å². The van der Waals surface area contributed by atoms with Gasteiger partial charge in [0.1, 0.15) is 0 Å². The molecule has 0 aliphatic carbocycles. The van der Waals surface area contributed by atoms with Crippen LogP contribution in [0.15, 0.2) is 84.5 Å². The molecule has 1 saturated heterocycles. The Morgan fingerprint density at radius 3 is 2.32 bits per heavy atom. The molecule has 2 aromatic carbocycles. The molecule has 31 heavy (non-hydrogen) atoms. The number of anilines is 1. The van der Waals surface area contributed by atoms with Gasteiger partial charge in [-0.2, -0.15) is 0 Å². The molecule has 2 aliphatic rings. The topological polar surface area (TPSA) is 82.0 Å². The van der Waals surface area contributed by atoms with E-state index in [1.54, 1.807) is 23.1 Å². The Labute approximate surface area is 180 Å². The minimum absolute atomic E-state index is 0.0488. The Morgan fingerprint density at radius 1 is 1.10 bits per heavy atom. The quantitative estimate of drug-likeness (QED) is 0.670. The highest BCUT2D eigenvalue weighted by molar-refractivity contribution is 5.94. The van der Waals surface area contributed by atoms with E-state index in [1.807, 2.05) is 36.4 Å². The fraction of sp³-hybridized carbons (Fsp3) is 0.160. The average molecular weight is 414 g/mol. The third kappa shape index (κ3) is 4.80. The van der Waals surface area contributed by atoms with Crippen LogP contribution in [0.1, 0.15) is 21.5 Å². The second-order valence-electron chi connectivity index (χ2n) is 7.34. The summed E-state index contributed by atoms with van der Waals surface area (Å²) in [6.45, 7) is 4.86. The van der Waals surface area contributed by atoms with E-state index in [0.29, 0.717) is 36.5 Å². The summed E-state index contributed by atoms with van der Waals surface area (Å²) in [5, 5.41) is 22.5. The van der Waals surface area contributed by atoms with Gasteiger partial charge >= 0.3 is 0 Å². The van der Waals surface area contributed by atoms with Gasteiger partial charge < -0.3 is 25.2 Å². The zero-order valence-electron chi connectivity index (χ0n) is 16.8. The third-order valence-electron chi connectivity index (χ3n) is 5.02. The van der Waals surface area contributed by atoms with Crippen molar-refractivity contribution in [3.63, 3.8) is 0 Å². The van der Waals surface area contributed by atoms with E-state index >= 15 is 0 Å². The highest BCUT2D eigenvalue weighted by atomic mass is 16.5. The summed E-state index contributed by atoms with van der Waals surface area (Å²) >= 11 is 0. The molecular formula is C25H22N2O4. The lowest BCUT2D eigenvalue weighted by molar-refractivity contribution is 0.00589. The van der Waals surface area contributed by atoms with Gasteiger partial charge in [0.05, 0.1) is 18.9 Å². The summed E-state index contributed by atoms with van der Waals surface area (Å²) in [5.74, 6) is 6.59. The van der Waals surface area contributed by atoms with E-state index in [1.165, 1.54) is 6.26 Å². The molecular weight excluding hydrogens is 392 g/mol. The van der Waals surface area contributed by atoms with Crippen LogP contribution in [0.2, 0.25) is 0 Å². The minimum Gasteiger partial charge on any atom is -0.504 e. The molecule has 0 radical (unpaired) electrons. The zero-order valence-corrected chi connectivity index (χ0v) is 16.8. The van der Waals surface area contributed by atoms with Gasteiger partial charge in [-0.25, -0.2) is 0 Å². The van der Waals surface area contributed by atoms with Gasteiger partial charge in [-0.15, -0.1) is 0 Å². The van der Waals surface area contributed by atoms with E-state index in [9.17, 15) is 15.0 Å². The first kappa shape index (κ1) is 20.3. The standard InChI is InChI=1S/C25H22N2O4/c1-17-12-13-31-23(24(17)29)14-26-21-10-6-19(7-11-21)3-2-18-4-8-20(9-5-18)25(30)27-15-22(28)16-27/h4-13,22,26,28-29H,1,14-16H2. The summed E-state index contributed by atoms with van der Waals surface area (Å²) in [7, 11) is 0. The first-order valence-electron chi connectivity index (χ1n) is 9.87. The van der Waals surface area contributed by atoms with Gasteiger partial charge in [0.25, 0.3) is 5.91 Å². The molecule has 0 saturated carbocycles. The number of rotatable bonds is 4. The lowest BCUT2D eigenvalue weighted by Gasteiger charge is -2.35. The normalized spacial score (nSPS) is 15.6. The number of β-amino-alcohol motifs (C(OH)–C–C–N with tert-alkyl or cyclic N) is 1. The van der Waals surface area contributed by atoms with Crippen molar-refractivity contribution in [3.05, 3.63) is 101 Å². The summed E-state index contributed by atoms with van der Waals surface area (Å²) in [6, 6.07) is 14.7. The van der Waals surface area contributed by atoms with Crippen LogP contribution >= 0.6 is 0 Å². The van der Waals surface area contributed by atoms with Crippen LogP contribution in [-0.2, 0) is 4.74 Å². The average Bonchev–Trinajstić information content (AvgIpc) is 2.77. The van der Waals surface area contributed by atoms with E-state index in [2.05, 4.69) is 23.7 Å². The Bertz CT molecular complexity index is 1110. The maximum atomic E-state index is 12.2. The Kier molecular flexibility index (Phi) is 5.78. The highest BCUT2D eigenvalue weighted by Gasteiger charge is 2.29. The minimum atomic E-state index is -0.405. The maximum Gasteiger partial charge on any atom is 0.254 e. The van der Waals surface area contributed by atoms with E-state index < -0.39 is 6.10 Å². The summed E-state index contributed by atoms with van der Waals surface area (Å²) in [6.07, 6.45) is 2.70. The van der Waals surface area contributed by atoms with Crippen molar-refractivity contribution < 1.29 is 19.7 Å². The largest absolute Gasteiger partial charge is 0.504 e. The second kappa shape index (κ2) is 8.82. The monoisotopic (exact) mass is 414 g/mol. The van der Waals surface area contributed by atoms with Crippen LogP contribution in [0.25, 0.3) is 0 Å². The predicted octanol–water partition coefficient (Wildman–Crippen LogP) is 3.18. The molecule has 1 fully saturated rings. The molecule has 0 spiro atoms. The molecule has 2 heterocycles. The van der Waals surface area contributed by atoms with Crippen LogP contribution in [0, 0.1) is 11.8 Å². The zero-order chi connectivity index (χ0) is 21.8. The lowest BCUT2D eigenvalue weighted by Crippen LogP contribution is -2.53. The molecule has 6 nitrogen and oxygen atoms in total. The molecule has 0 aromatic heterocycles. The van der Waals surface area contributed by atoms with Crippen LogP contribution in [0.3, 0.4) is 0 Å². The summed E-state index contributed by atoms with van der Waals surface area (Å²) in [4.78, 5) is 13.8. The molecule has 156 valence electrons. The number of aliphatic hydroxyl groups excluding tert-OH is 2. The van der Waals surface area contributed by atoms with Crippen molar-refractivity contribution in [3.8, 4) is 11.8 Å². The number of aliphatic hydroxyl groups is 2. The first-order valence-corrected chi connectivity index (χ1v) is 9.87. The molecule has 6 heteroatoms. The fourth-order valence-electron chi connectivity index (χ4n) is 3.14. The lowest BCUT2D eigenvalue weighted by atomic mass is 10.1. The third-order valence-corrected chi connectivity index (χ3v) is 5.02. The van der Waals surface area contributed by atoms with Gasteiger partial charge in [-0.3, -0.25) is 4.79 Å². The van der Waals surface area contributed by atoms with Crippen molar-refractivity contribution in [2.24, 2.45) is 0 Å². The molecule has 4 rings (SSSR count). The SMILES string of the molecule is C=C1C=COC(CNc2ccc(C#Cc3ccc(C(=O)N4CC(O)C4)cc3)cc2)=C1O. The predicted molar refractivity (Wildman–Crippen MR) is 118 cm³/mol. The van der Waals surface area contributed by atoms with Gasteiger partial charge in [-0.05, 0) is 54.6 Å². The molecule has 2 aliphatic heterocycles. The maximum absolute atomic E-state index is 12.2. The number of nitrogens with zero attached hydrogens (tertiary/aromatic N) is 1. The fourth-order valence-corrected chi connectivity index (χ4v) is 3.14. The smallest absolute Gasteiger partial charge is 0.254 e. The van der Waals surface area contributed by atoms with Gasteiger partial charge in [0.2, 0.25) is 0 Å². The number of hydrogen-bond donors (Lipinski definition) is 3. The number of hydrogen-bond acceptors (Lipinski definition) is 5. The van der Waals surface area contributed by atoms with Crippen LogP contribution in [-0.4, -0.2) is 46.8 Å². The summed E-state index contributed by atoms with van der Waals surface area (Å²) < 4.78 is 5.31. The first-order chi connectivity index (χ1) is 15.0. The number of amides is 1. The molecule has 3 N–H and O–H groups in total. The number of nitrogens with one attached hydrogen (secondary N) is 1. The van der Waals surface area contributed by atoms with Crippen molar-refractivity contribution >= 4 is 11.6 Å².